The molecule has 9 heteroatoms. The van der Waals surface area contributed by atoms with Crippen LogP contribution in [-0.4, -0.2) is 27.3 Å². The van der Waals surface area contributed by atoms with Crippen LogP contribution >= 0.6 is 27.5 Å². The van der Waals surface area contributed by atoms with Gasteiger partial charge in [-0.3, -0.25) is 10.1 Å². The molecule has 3 aromatic rings. The third kappa shape index (κ3) is 4.09. The molecule has 2 aromatic carbocycles. The Morgan fingerprint density at radius 2 is 2.14 bits per heavy atom. The zero-order chi connectivity index (χ0) is 20.4. The first kappa shape index (κ1) is 19.7. The number of fused-ring (bicyclic) bond motifs is 1. The Hall–Kier alpha value is -2.58. The second-order valence-electron chi connectivity index (χ2n) is 6.44. The van der Waals surface area contributed by atoms with Gasteiger partial charge in [0.2, 0.25) is 11.9 Å². The largest absolute Gasteiger partial charge is 0.490 e. The molecule has 1 aliphatic rings. The van der Waals surface area contributed by atoms with E-state index in [2.05, 4.69) is 31.3 Å². The van der Waals surface area contributed by atoms with Gasteiger partial charge >= 0.3 is 0 Å². The summed E-state index contributed by atoms with van der Waals surface area (Å²) in [6.45, 7) is 2.68. The number of amides is 1. The van der Waals surface area contributed by atoms with Crippen molar-refractivity contribution < 1.29 is 14.3 Å². The van der Waals surface area contributed by atoms with Crippen molar-refractivity contribution in [3.63, 3.8) is 0 Å². The molecule has 4 rings (SSSR count). The summed E-state index contributed by atoms with van der Waals surface area (Å²) in [5.41, 5.74) is 1.75. The maximum absolute atomic E-state index is 12.1. The number of halogens is 2. The molecule has 0 aliphatic carbocycles. The lowest BCUT2D eigenvalue weighted by atomic mass is 10.0. The van der Waals surface area contributed by atoms with E-state index in [1.807, 2.05) is 43.3 Å². The molecule has 1 aromatic heterocycles. The van der Waals surface area contributed by atoms with Crippen LogP contribution in [0.1, 0.15) is 30.5 Å². The van der Waals surface area contributed by atoms with Crippen LogP contribution in [0.2, 0.25) is 5.02 Å². The van der Waals surface area contributed by atoms with Crippen molar-refractivity contribution in [3.05, 3.63) is 63.3 Å². The highest BCUT2D eigenvalue weighted by Crippen LogP contribution is 2.41. The Kier molecular flexibility index (Phi) is 5.73. The third-order valence-corrected chi connectivity index (χ3v) is 5.50. The van der Waals surface area contributed by atoms with Gasteiger partial charge in [-0.1, -0.05) is 29.8 Å². The van der Waals surface area contributed by atoms with Crippen molar-refractivity contribution in [2.24, 2.45) is 0 Å². The summed E-state index contributed by atoms with van der Waals surface area (Å²) in [4.78, 5) is 16.2. The van der Waals surface area contributed by atoms with Crippen LogP contribution in [0.5, 0.6) is 11.5 Å². The molecule has 0 spiro atoms. The number of carbonyl (C=O) groups is 1. The Morgan fingerprint density at radius 1 is 1.31 bits per heavy atom. The van der Waals surface area contributed by atoms with Crippen LogP contribution < -0.4 is 14.8 Å². The monoisotopic (exact) mass is 476 g/mol. The third-order valence-electron chi connectivity index (χ3n) is 4.54. The molecule has 0 unspecified atom stereocenters. The van der Waals surface area contributed by atoms with E-state index in [0.717, 1.165) is 15.6 Å². The topological polar surface area (TPSA) is 78.3 Å². The molecule has 150 valence electrons. The first-order valence-electron chi connectivity index (χ1n) is 9.08. The lowest BCUT2D eigenvalue weighted by Crippen LogP contribution is -2.29. The van der Waals surface area contributed by atoms with E-state index in [1.165, 1.54) is 6.33 Å². The van der Waals surface area contributed by atoms with Gasteiger partial charge < -0.3 is 9.47 Å². The Labute approximate surface area is 181 Å². The van der Waals surface area contributed by atoms with Gasteiger partial charge in [-0.25, -0.2) is 4.68 Å². The fourth-order valence-corrected chi connectivity index (χ4v) is 3.98. The van der Waals surface area contributed by atoms with Gasteiger partial charge in [-0.15, -0.1) is 0 Å². The standard InChI is InChI=1S/C20H18BrClN4O3/c1-2-28-17-8-13(16-9-18(27)25-20-23-11-24-26(16)20)7-14(21)19(17)29-10-12-5-3-4-6-15(12)22/h3-8,11,16H,2,9-10H2,1H3,(H,23,24,25,27)/t16-/m0/s1. The first-order valence-corrected chi connectivity index (χ1v) is 10.3. The molecule has 0 radical (unpaired) electrons. The SMILES string of the molecule is CCOc1cc([C@@H]2CC(=O)Nc3ncnn32)cc(Br)c1OCc1ccccc1Cl. The van der Waals surface area contributed by atoms with Crippen LogP contribution in [0, 0.1) is 0 Å². The molecular formula is C20H18BrClN4O3. The average Bonchev–Trinajstić information content (AvgIpc) is 3.16. The van der Waals surface area contributed by atoms with Crippen molar-refractivity contribution in [1.29, 1.82) is 0 Å². The Bertz CT molecular complexity index is 1060. The lowest BCUT2D eigenvalue weighted by Gasteiger charge is -2.25. The van der Waals surface area contributed by atoms with E-state index in [-0.39, 0.29) is 18.4 Å². The number of aromatic nitrogens is 3. The van der Waals surface area contributed by atoms with Crippen LogP contribution in [0.3, 0.4) is 0 Å². The maximum atomic E-state index is 12.1. The van der Waals surface area contributed by atoms with Crippen LogP contribution in [0.25, 0.3) is 0 Å². The second-order valence-corrected chi connectivity index (χ2v) is 7.70. The molecule has 1 atom stereocenters. The number of nitrogens with one attached hydrogen (secondary N) is 1. The predicted molar refractivity (Wildman–Crippen MR) is 113 cm³/mol. The van der Waals surface area contributed by atoms with E-state index in [1.54, 1.807) is 4.68 Å². The lowest BCUT2D eigenvalue weighted by molar-refractivity contribution is -0.117. The number of benzene rings is 2. The van der Waals surface area contributed by atoms with E-state index >= 15 is 0 Å². The number of ether oxygens (including phenoxy) is 2. The molecule has 1 N–H and O–H groups in total. The van der Waals surface area contributed by atoms with E-state index in [0.29, 0.717) is 35.7 Å². The fraction of sp³-hybridized carbons (Fsp3) is 0.250. The number of anilines is 1. The zero-order valence-electron chi connectivity index (χ0n) is 15.6. The van der Waals surface area contributed by atoms with Crippen LogP contribution in [-0.2, 0) is 11.4 Å². The van der Waals surface area contributed by atoms with Crippen molar-refractivity contribution in [2.75, 3.05) is 11.9 Å². The quantitative estimate of drug-likeness (QED) is 0.561. The van der Waals surface area contributed by atoms with Gasteiger partial charge in [-0.05, 0) is 46.6 Å². The van der Waals surface area contributed by atoms with E-state index < -0.39 is 0 Å². The molecule has 0 fully saturated rings. The predicted octanol–water partition coefficient (Wildman–Crippen LogP) is 4.60. The fourth-order valence-electron chi connectivity index (χ4n) is 3.21. The van der Waals surface area contributed by atoms with Crippen molar-refractivity contribution >= 4 is 39.4 Å². The van der Waals surface area contributed by atoms with Crippen LogP contribution in [0.15, 0.2) is 47.2 Å². The van der Waals surface area contributed by atoms with Gasteiger partial charge in [0, 0.05) is 10.6 Å². The Balaban J connectivity index is 1.67. The van der Waals surface area contributed by atoms with E-state index in [9.17, 15) is 4.79 Å². The minimum absolute atomic E-state index is 0.108. The smallest absolute Gasteiger partial charge is 0.229 e. The molecule has 2 heterocycles. The van der Waals surface area contributed by atoms with Crippen molar-refractivity contribution in [3.8, 4) is 11.5 Å². The van der Waals surface area contributed by atoms with E-state index in [4.69, 9.17) is 21.1 Å². The average molecular weight is 478 g/mol. The minimum atomic E-state index is -0.283. The number of hydrogen-bond acceptors (Lipinski definition) is 5. The summed E-state index contributed by atoms with van der Waals surface area (Å²) >= 11 is 9.82. The first-order chi connectivity index (χ1) is 14.1. The molecule has 0 saturated carbocycles. The molecule has 1 amide bonds. The number of nitrogens with zero attached hydrogens (tertiary/aromatic N) is 3. The number of carbonyl (C=O) groups excluding carboxylic acids is 1. The zero-order valence-corrected chi connectivity index (χ0v) is 17.9. The Morgan fingerprint density at radius 3 is 2.93 bits per heavy atom. The summed E-state index contributed by atoms with van der Waals surface area (Å²) in [5.74, 6) is 1.48. The van der Waals surface area contributed by atoms with Crippen molar-refractivity contribution in [2.45, 2.75) is 26.0 Å². The van der Waals surface area contributed by atoms with Gasteiger partial charge in [0.05, 0.1) is 23.5 Å². The molecule has 29 heavy (non-hydrogen) atoms. The second kappa shape index (κ2) is 8.42. The number of hydrogen-bond donors (Lipinski definition) is 1. The van der Waals surface area contributed by atoms with Gasteiger partial charge in [0.25, 0.3) is 0 Å². The summed E-state index contributed by atoms with van der Waals surface area (Å²) in [5, 5.41) is 7.61. The highest BCUT2D eigenvalue weighted by Gasteiger charge is 2.29. The summed E-state index contributed by atoms with van der Waals surface area (Å²) in [7, 11) is 0. The molecular weight excluding hydrogens is 460 g/mol. The molecule has 0 bridgehead atoms. The summed E-state index contributed by atoms with van der Waals surface area (Å²) in [6.07, 6.45) is 1.68. The minimum Gasteiger partial charge on any atom is -0.490 e. The highest BCUT2D eigenvalue weighted by molar-refractivity contribution is 9.10. The highest BCUT2D eigenvalue weighted by atomic mass is 79.9. The summed E-state index contributed by atoms with van der Waals surface area (Å²) < 4.78 is 14.3. The van der Waals surface area contributed by atoms with Gasteiger partial charge in [0.15, 0.2) is 11.5 Å². The van der Waals surface area contributed by atoms with Crippen LogP contribution in [0.4, 0.5) is 5.95 Å². The van der Waals surface area contributed by atoms with Crippen molar-refractivity contribution in [1.82, 2.24) is 14.8 Å². The molecule has 0 saturated heterocycles. The van der Waals surface area contributed by atoms with Gasteiger partial charge in [-0.2, -0.15) is 10.1 Å². The number of rotatable bonds is 6. The summed E-state index contributed by atoms with van der Waals surface area (Å²) in [6, 6.07) is 11.0. The van der Waals surface area contributed by atoms with Gasteiger partial charge in [0.1, 0.15) is 12.9 Å². The molecule has 7 nitrogen and oxygen atoms in total. The normalized spacial score (nSPS) is 15.6. The maximum Gasteiger partial charge on any atom is 0.229 e. The molecule has 1 aliphatic heterocycles.